The molecule has 2 rings (SSSR count). The summed E-state index contributed by atoms with van der Waals surface area (Å²) in [5.74, 6) is 1.47. The van der Waals surface area contributed by atoms with Gasteiger partial charge < -0.3 is 15.2 Å². The first-order valence-corrected chi connectivity index (χ1v) is 7.15. The summed E-state index contributed by atoms with van der Waals surface area (Å²) in [6, 6.07) is 13.4. The van der Waals surface area contributed by atoms with E-state index < -0.39 is 0 Å². The fourth-order valence-electron chi connectivity index (χ4n) is 1.76. The molecule has 0 fully saturated rings. The van der Waals surface area contributed by atoms with Gasteiger partial charge in [-0.05, 0) is 35.9 Å². The monoisotopic (exact) mass is 351 g/mol. The topological polar surface area (TPSA) is 44.5 Å². The van der Waals surface area contributed by atoms with Gasteiger partial charge in [-0.1, -0.05) is 40.3 Å². The van der Waals surface area contributed by atoms with E-state index in [2.05, 4.69) is 15.9 Å². The highest BCUT2D eigenvalue weighted by atomic mass is 79.9. The minimum absolute atomic E-state index is 0.311. The standard InChI is InChI=1S/C15H14BrNO2S/c1-18-14-6-5-10(7-13(14)15(17)20)9-19-12-4-2-3-11(16)8-12/h2-8H,9H2,1H3,(H2,17,20). The van der Waals surface area contributed by atoms with E-state index in [9.17, 15) is 0 Å². The molecule has 0 amide bonds. The number of rotatable bonds is 5. The lowest BCUT2D eigenvalue weighted by atomic mass is 10.1. The fraction of sp³-hybridized carbons (Fsp3) is 0.133. The van der Waals surface area contributed by atoms with Crippen LogP contribution in [0.1, 0.15) is 11.1 Å². The Morgan fingerprint density at radius 2 is 2.05 bits per heavy atom. The van der Waals surface area contributed by atoms with Gasteiger partial charge in [0.05, 0.1) is 12.7 Å². The zero-order valence-electron chi connectivity index (χ0n) is 10.9. The third-order valence-electron chi connectivity index (χ3n) is 2.73. The number of nitrogens with two attached hydrogens (primary N) is 1. The van der Waals surface area contributed by atoms with Gasteiger partial charge in [0.1, 0.15) is 23.1 Å². The molecule has 0 bridgehead atoms. The van der Waals surface area contributed by atoms with E-state index >= 15 is 0 Å². The molecule has 0 heterocycles. The van der Waals surface area contributed by atoms with E-state index in [1.165, 1.54) is 0 Å². The molecule has 104 valence electrons. The zero-order chi connectivity index (χ0) is 14.5. The van der Waals surface area contributed by atoms with Gasteiger partial charge in [-0.15, -0.1) is 0 Å². The second-order valence-electron chi connectivity index (χ2n) is 4.14. The Labute approximate surface area is 131 Å². The number of halogens is 1. The summed E-state index contributed by atoms with van der Waals surface area (Å²) >= 11 is 8.43. The maximum Gasteiger partial charge on any atom is 0.129 e. The zero-order valence-corrected chi connectivity index (χ0v) is 13.3. The van der Waals surface area contributed by atoms with Gasteiger partial charge in [-0.3, -0.25) is 0 Å². The molecule has 0 aromatic heterocycles. The number of benzene rings is 2. The summed E-state index contributed by atoms with van der Waals surface area (Å²) in [6.45, 7) is 0.441. The average molecular weight is 352 g/mol. The van der Waals surface area contributed by atoms with E-state index in [-0.39, 0.29) is 0 Å². The van der Waals surface area contributed by atoms with Crippen LogP contribution in [0.5, 0.6) is 11.5 Å². The van der Waals surface area contributed by atoms with Gasteiger partial charge in [0.2, 0.25) is 0 Å². The SMILES string of the molecule is COc1ccc(COc2cccc(Br)c2)cc1C(N)=S. The molecule has 0 aliphatic carbocycles. The molecule has 5 heteroatoms. The molecule has 0 aliphatic rings. The van der Waals surface area contributed by atoms with Crippen LogP contribution in [0.2, 0.25) is 0 Å². The minimum atomic E-state index is 0.311. The molecule has 0 saturated carbocycles. The van der Waals surface area contributed by atoms with Gasteiger partial charge in [0, 0.05) is 4.47 Å². The smallest absolute Gasteiger partial charge is 0.129 e. The Bertz CT molecular complexity index is 631. The summed E-state index contributed by atoms with van der Waals surface area (Å²) < 4.78 is 11.9. The lowest BCUT2D eigenvalue weighted by molar-refractivity contribution is 0.305. The van der Waals surface area contributed by atoms with Gasteiger partial charge in [-0.25, -0.2) is 0 Å². The minimum Gasteiger partial charge on any atom is -0.496 e. The lowest BCUT2D eigenvalue weighted by Crippen LogP contribution is -2.11. The molecule has 0 atom stereocenters. The van der Waals surface area contributed by atoms with E-state index in [0.717, 1.165) is 21.3 Å². The number of thiocarbonyl (C=S) groups is 1. The van der Waals surface area contributed by atoms with Crippen LogP contribution in [0.15, 0.2) is 46.9 Å². The van der Waals surface area contributed by atoms with E-state index in [1.807, 2.05) is 42.5 Å². The van der Waals surface area contributed by atoms with Crippen LogP contribution < -0.4 is 15.2 Å². The van der Waals surface area contributed by atoms with E-state index in [0.29, 0.717) is 17.3 Å². The third-order valence-corrected chi connectivity index (χ3v) is 3.44. The van der Waals surface area contributed by atoms with Crippen molar-refractivity contribution in [1.29, 1.82) is 0 Å². The predicted octanol–water partition coefficient (Wildman–Crippen LogP) is 3.67. The highest BCUT2D eigenvalue weighted by molar-refractivity contribution is 9.10. The van der Waals surface area contributed by atoms with Gasteiger partial charge in [0.15, 0.2) is 0 Å². The first-order valence-electron chi connectivity index (χ1n) is 5.95. The molecule has 0 unspecified atom stereocenters. The summed E-state index contributed by atoms with van der Waals surface area (Å²) in [5.41, 5.74) is 7.39. The number of hydrogen-bond donors (Lipinski definition) is 1. The Balaban J connectivity index is 2.14. The Morgan fingerprint density at radius 3 is 2.70 bits per heavy atom. The van der Waals surface area contributed by atoms with Crippen molar-refractivity contribution < 1.29 is 9.47 Å². The van der Waals surface area contributed by atoms with Gasteiger partial charge in [0.25, 0.3) is 0 Å². The van der Waals surface area contributed by atoms with Crippen molar-refractivity contribution in [3.8, 4) is 11.5 Å². The van der Waals surface area contributed by atoms with Gasteiger partial charge >= 0.3 is 0 Å². The summed E-state index contributed by atoms with van der Waals surface area (Å²) in [4.78, 5) is 0.311. The van der Waals surface area contributed by atoms with Crippen LogP contribution >= 0.6 is 28.1 Å². The molecule has 2 aromatic rings. The van der Waals surface area contributed by atoms with Crippen LogP contribution in [0.3, 0.4) is 0 Å². The number of hydrogen-bond acceptors (Lipinski definition) is 3. The Kier molecular flexibility index (Phi) is 4.98. The normalized spacial score (nSPS) is 10.1. The second-order valence-corrected chi connectivity index (χ2v) is 5.50. The molecule has 2 N–H and O–H groups in total. The van der Waals surface area contributed by atoms with Crippen molar-refractivity contribution in [2.75, 3.05) is 7.11 Å². The highest BCUT2D eigenvalue weighted by Gasteiger charge is 2.07. The van der Waals surface area contributed by atoms with Crippen LogP contribution in [-0.4, -0.2) is 12.1 Å². The highest BCUT2D eigenvalue weighted by Crippen LogP contribution is 2.22. The molecular weight excluding hydrogens is 338 g/mol. The van der Waals surface area contributed by atoms with Crippen molar-refractivity contribution in [3.05, 3.63) is 58.1 Å². The number of ether oxygens (including phenoxy) is 2. The van der Waals surface area contributed by atoms with Crippen LogP contribution in [-0.2, 0) is 6.61 Å². The first kappa shape index (κ1) is 14.8. The maximum atomic E-state index is 5.73. The number of methoxy groups -OCH3 is 1. The third kappa shape index (κ3) is 3.71. The van der Waals surface area contributed by atoms with Crippen molar-refractivity contribution >= 4 is 33.1 Å². The van der Waals surface area contributed by atoms with Gasteiger partial charge in [-0.2, -0.15) is 0 Å². The van der Waals surface area contributed by atoms with Crippen molar-refractivity contribution in [1.82, 2.24) is 0 Å². The van der Waals surface area contributed by atoms with Crippen molar-refractivity contribution in [2.24, 2.45) is 5.73 Å². The maximum absolute atomic E-state index is 5.73. The quantitative estimate of drug-likeness (QED) is 0.834. The Morgan fingerprint density at radius 1 is 1.25 bits per heavy atom. The average Bonchev–Trinajstić information content (AvgIpc) is 2.45. The molecule has 0 aliphatic heterocycles. The molecule has 20 heavy (non-hydrogen) atoms. The lowest BCUT2D eigenvalue weighted by Gasteiger charge is -2.11. The predicted molar refractivity (Wildman–Crippen MR) is 87.4 cm³/mol. The fourth-order valence-corrected chi connectivity index (χ4v) is 2.30. The summed E-state index contributed by atoms with van der Waals surface area (Å²) in [6.07, 6.45) is 0. The molecule has 0 radical (unpaired) electrons. The summed E-state index contributed by atoms with van der Waals surface area (Å²) in [7, 11) is 1.59. The first-order chi connectivity index (χ1) is 9.60. The summed E-state index contributed by atoms with van der Waals surface area (Å²) in [5, 5.41) is 0. The van der Waals surface area contributed by atoms with Crippen LogP contribution in [0.4, 0.5) is 0 Å². The van der Waals surface area contributed by atoms with E-state index in [1.54, 1.807) is 7.11 Å². The molecule has 2 aromatic carbocycles. The van der Waals surface area contributed by atoms with Crippen LogP contribution in [0.25, 0.3) is 0 Å². The molecule has 0 saturated heterocycles. The molecule has 3 nitrogen and oxygen atoms in total. The van der Waals surface area contributed by atoms with Crippen LogP contribution in [0, 0.1) is 0 Å². The van der Waals surface area contributed by atoms with Crippen molar-refractivity contribution in [3.63, 3.8) is 0 Å². The Hall–Kier alpha value is -1.59. The largest absolute Gasteiger partial charge is 0.496 e. The van der Waals surface area contributed by atoms with E-state index in [4.69, 9.17) is 27.4 Å². The second kappa shape index (κ2) is 6.72. The van der Waals surface area contributed by atoms with Crippen molar-refractivity contribution in [2.45, 2.75) is 6.61 Å². The molecule has 0 spiro atoms. The molecular formula is C15H14BrNO2S.